The number of hydrogen-bond donors (Lipinski definition) is 0. The molecule has 3 rings (SSSR count). The van der Waals surface area contributed by atoms with E-state index in [1.54, 1.807) is 13.1 Å². The van der Waals surface area contributed by atoms with E-state index in [1.807, 2.05) is 0 Å². The van der Waals surface area contributed by atoms with Crippen molar-refractivity contribution < 1.29 is 57.9 Å². The molecule has 0 saturated heterocycles. The van der Waals surface area contributed by atoms with Crippen LogP contribution in [0.4, 0.5) is 43.9 Å². The van der Waals surface area contributed by atoms with E-state index >= 15 is 0 Å². The van der Waals surface area contributed by atoms with Crippen molar-refractivity contribution in [3.63, 3.8) is 0 Å². The molecule has 0 aliphatic carbocycles. The van der Waals surface area contributed by atoms with Gasteiger partial charge in [0, 0.05) is 0 Å². The Bertz CT molecular complexity index is 1190. The first kappa shape index (κ1) is 27.5. The lowest BCUT2D eigenvalue weighted by molar-refractivity contribution is 0.260. The largest absolute Gasteiger partial charge is 0.864 e. The van der Waals surface area contributed by atoms with Gasteiger partial charge in [-0.05, 0) is 17.3 Å². The summed E-state index contributed by atoms with van der Waals surface area (Å²) in [6.45, 7) is 3.48. The molecule has 0 bridgehead atoms. The van der Waals surface area contributed by atoms with Crippen molar-refractivity contribution in [1.82, 2.24) is 0 Å². The van der Waals surface area contributed by atoms with Gasteiger partial charge in [-0.25, -0.2) is 26.3 Å². The van der Waals surface area contributed by atoms with E-state index in [1.165, 1.54) is 12.1 Å². The van der Waals surface area contributed by atoms with Crippen molar-refractivity contribution in [2.24, 2.45) is 0 Å². The molecule has 0 radical (unpaired) electrons. The van der Waals surface area contributed by atoms with E-state index < -0.39 is 84.4 Å². The predicted octanol–water partition coefficient (Wildman–Crippen LogP) is 6.25. The van der Waals surface area contributed by atoms with Crippen LogP contribution in [-0.4, -0.2) is 14.7 Å². The molecule has 0 aliphatic heterocycles. The Morgan fingerprint density at radius 2 is 0.833 bits per heavy atom. The molecule has 0 aromatic heterocycles. The molecule has 36 heavy (non-hydrogen) atoms. The summed E-state index contributed by atoms with van der Waals surface area (Å²) in [5, 5.41) is 0.634. The van der Waals surface area contributed by atoms with Gasteiger partial charge in [-0.3, -0.25) is 0 Å². The van der Waals surface area contributed by atoms with E-state index in [9.17, 15) is 43.9 Å². The summed E-state index contributed by atoms with van der Waals surface area (Å²) in [4.78, 5) is 0. The summed E-state index contributed by atoms with van der Waals surface area (Å²) < 4.78 is 151. The molecule has 192 valence electrons. The molecule has 0 unspecified atom stereocenters. The van der Waals surface area contributed by atoms with Crippen LogP contribution in [0.25, 0.3) is 0 Å². The standard InChI is InChI=1S/C20H10BClF10O3Si/c1-36(2,22)8-5-3-7(4-6-8)33-21(34-19-15(29)11(25)9(23)12(26)16(19)30)35-20-17(31)13(27)10(24)14(28)18(20)32/h3-6H,1-2H3. The Balaban J connectivity index is 2.08. The Labute approximate surface area is 202 Å². The second-order valence-corrected chi connectivity index (χ2v) is 13.8. The number of halogens is 11. The minimum atomic E-state index is -2.83. The van der Waals surface area contributed by atoms with E-state index in [0.717, 1.165) is 12.1 Å². The van der Waals surface area contributed by atoms with Crippen LogP contribution in [0.1, 0.15) is 0 Å². The van der Waals surface area contributed by atoms with Crippen molar-refractivity contribution >= 4 is 31.0 Å². The van der Waals surface area contributed by atoms with Crippen LogP contribution in [-0.2, 0) is 0 Å². The maximum absolute atomic E-state index is 14.1. The van der Waals surface area contributed by atoms with E-state index in [0.29, 0.717) is 5.19 Å². The van der Waals surface area contributed by atoms with Crippen molar-refractivity contribution in [2.45, 2.75) is 13.1 Å². The Morgan fingerprint density at radius 1 is 0.528 bits per heavy atom. The minimum Gasteiger partial charge on any atom is -0.490 e. The van der Waals surface area contributed by atoms with Crippen molar-refractivity contribution in [2.75, 3.05) is 0 Å². The van der Waals surface area contributed by atoms with Crippen molar-refractivity contribution in [3.8, 4) is 17.2 Å². The molecule has 0 spiro atoms. The molecule has 0 saturated carbocycles. The third kappa shape index (κ3) is 5.21. The molecule has 0 amide bonds. The van der Waals surface area contributed by atoms with Crippen LogP contribution >= 0.6 is 11.1 Å². The zero-order valence-corrected chi connectivity index (χ0v) is 19.5. The molecular formula is C20H10BClF10O3Si. The van der Waals surface area contributed by atoms with Gasteiger partial charge in [-0.2, -0.15) is 28.6 Å². The lowest BCUT2D eigenvalue weighted by Gasteiger charge is -2.19. The average molecular weight is 563 g/mol. The lowest BCUT2D eigenvalue weighted by Crippen LogP contribution is -2.39. The number of hydrogen-bond acceptors (Lipinski definition) is 3. The zero-order chi connectivity index (χ0) is 27.1. The Kier molecular flexibility index (Phi) is 7.74. The third-order valence-electron chi connectivity index (χ3n) is 4.54. The van der Waals surface area contributed by atoms with Crippen LogP contribution < -0.4 is 19.1 Å². The first-order valence-electron chi connectivity index (χ1n) is 9.47. The normalized spacial score (nSPS) is 11.5. The molecule has 3 aromatic carbocycles. The van der Waals surface area contributed by atoms with Gasteiger partial charge in [0.05, 0.1) is 0 Å². The van der Waals surface area contributed by atoms with Gasteiger partial charge in [0.2, 0.25) is 58.2 Å². The lowest BCUT2D eigenvalue weighted by atomic mass is 10.1. The monoisotopic (exact) mass is 562 g/mol. The predicted molar refractivity (Wildman–Crippen MR) is 110 cm³/mol. The van der Waals surface area contributed by atoms with E-state index in [2.05, 4.69) is 9.31 Å². The second-order valence-electron chi connectivity index (χ2n) is 7.44. The fourth-order valence-electron chi connectivity index (χ4n) is 2.68. The van der Waals surface area contributed by atoms with Gasteiger partial charge < -0.3 is 14.0 Å². The van der Waals surface area contributed by atoms with Crippen molar-refractivity contribution in [3.05, 3.63) is 82.4 Å². The summed E-state index contributed by atoms with van der Waals surface area (Å²) in [6.07, 6.45) is 0. The summed E-state index contributed by atoms with van der Waals surface area (Å²) in [5.74, 6) is -29.5. The zero-order valence-electron chi connectivity index (χ0n) is 17.8. The average Bonchev–Trinajstić information content (AvgIpc) is 2.83. The summed E-state index contributed by atoms with van der Waals surface area (Å²) in [7, 11) is -5.20. The fourth-order valence-corrected chi connectivity index (χ4v) is 4.02. The molecule has 0 atom stereocenters. The van der Waals surface area contributed by atoms with Crippen LogP contribution in [0.5, 0.6) is 17.2 Å². The fraction of sp³-hybridized carbons (Fsp3) is 0.100. The third-order valence-corrected chi connectivity index (χ3v) is 6.90. The number of benzene rings is 3. The maximum Gasteiger partial charge on any atom is 0.864 e. The molecule has 0 heterocycles. The first-order chi connectivity index (χ1) is 16.6. The maximum atomic E-state index is 14.1. The quantitative estimate of drug-likeness (QED) is 0.112. The summed E-state index contributed by atoms with van der Waals surface area (Å²) in [5.41, 5.74) is 0. The van der Waals surface area contributed by atoms with E-state index in [-0.39, 0.29) is 5.75 Å². The highest BCUT2D eigenvalue weighted by atomic mass is 35.6. The Morgan fingerprint density at radius 3 is 1.14 bits per heavy atom. The molecule has 16 heteroatoms. The van der Waals surface area contributed by atoms with Crippen LogP contribution in [0.2, 0.25) is 13.1 Å². The molecule has 3 nitrogen and oxygen atoms in total. The molecule has 0 fully saturated rings. The SMILES string of the molecule is C[Si](C)(Cl)c1ccc(OB(Oc2c(F)c(F)c(F)c(F)c2F)Oc2c(F)c(F)c(F)c(F)c2F)cc1. The van der Waals surface area contributed by atoms with Gasteiger partial charge in [0.15, 0.2) is 18.9 Å². The molecule has 0 N–H and O–H groups in total. The highest BCUT2D eigenvalue weighted by molar-refractivity contribution is 7.26. The van der Waals surface area contributed by atoms with Crippen LogP contribution in [0, 0.1) is 58.2 Å². The van der Waals surface area contributed by atoms with Crippen molar-refractivity contribution in [1.29, 1.82) is 0 Å². The highest BCUT2D eigenvalue weighted by Crippen LogP contribution is 2.33. The molecular weight excluding hydrogens is 553 g/mol. The van der Waals surface area contributed by atoms with Gasteiger partial charge in [0.25, 0.3) is 0 Å². The minimum absolute atomic E-state index is 0.341. The molecule has 0 aliphatic rings. The van der Waals surface area contributed by atoms with Gasteiger partial charge in [-0.1, -0.05) is 25.2 Å². The first-order valence-corrected chi connectivity index (χ1v) is 13.5. The van der Waals surface area contributed by atoms with Gasteiger partial charge in [0.1, 0.15) is 5.75 Å². The smallest absolute Gasteiger partial charge is 0.490 e. The topological polar surface area (TPSA) is 27.7 Å². The molecule has 3 aromatic rings. The van der Waals surface area contributed by atoms with Gasteiger partial charge in [-0.15, -0.1) is 0 Å². The summed E-state index contributed by atoms with van der Waals surface area (Å²) in [6, 6.07) is 5.12. The number of rotatable bonds is 7. The van der Waals surface area contributed by atoms with Crippen LogP contribution in [0.15, 0.2) is 24.3 Å². The highest BCUT2D eigenvalue weighted by Gasteiger charge is 2.39. The Hall–Kier alpha value is -3.07. The van der Waals surface area contributed by atoms with E-state index in [4.69, 9.17) is 15.7 Å². The van der Waals surface area contributed by atoms with Gasteiger partial charge >= 0.3 is 7.32 Å². The van der Waals surface area contributed by atoms with Crippen LogP contribution in [0.3, 0.4) is 0 Å². The summed E-state index contributed by atoms with van der Waals surface area (Å²) >= 11 is 6.26. The second kappa shape index (κ2) is 10.1.